The summed E-state index contributed by atoms with van der Waals surface area (Å²) in [6.45, 7) is 14.6. The molecule has 68 valence electrons. The van der Waals surface area contributed by atoms with Gasteiger partial charge in [0, 0.05) is 6.04 Å². The SMILES string of the molecule is C=CC[SiH](OC(=C)C)OC(=C)C. The Morgan fingerprint density at radius 3 is 1.92 bits per heavy atom. The molecule has 0 fully saturated rings. The van der Waals surface area contributed by atoms with Gasteiger partial charge in [-0.25, -0.2) is 0 Å². The lowest BCUT2D eigenvalue weighted by Crippen LogP contribution is -2.19. The van der Waals surface area contributed by atoms with E-state index in [1.54, 1.807) is 6.08 Å². The van der Waals surface area contributed by atoms with Crippen LogP contribution in [-0.4, -0.2) is 9.28 Å². The van der Waals surface area contributed by atoms with Crippen molar-refractivity contribution in [3.8, 4) is 0 Å². The Bertz CT molecular complexity index is 171. The monoisotopic (exact) mass is 184 g/mol. The fourth-order valence-corrected chi connectivity index (χ4v) is 2.12. The van der Waals surface area contributed by atoms with E-state index in [0.29, 0.717) is 11.5 Å². The van der Waals surface area contributed by atoms with Gasteiger partial charge in [-0.2, -0.15) is 0 Å². The van der Waals surface area contributed by atoms with E-state index >= 15 is 0 Å². The maximum absolute atomic E-state index is 5.39. The molecular formula is C9H16O2Si. The Labute approximate surface area is 76.0 Å². The lowest BCUT2D eigenvalue weighted by Gasteiger charge is -2.16. The van der Waals surface area contributed by atoms with Gasteiger partial charge in [-0.05, 0) is 13.8 Å². The quantitative estimate of drug-likeness (QED) is 0.359. The minimum Gasteiger partial charge on any atom is -0.518 e. The van der Waals surface area contributed by atoms with E-state index in [-0.39, 0.29) is 0 Å². The van der Waals surface area contributed by atoms with Gasteiger partial charge in [-0.3, -0.25) is 0 Å². The fraction of sp³-hybridized carbons (Fsp3) is 0.333. The zero-order valence-corrected chi connectivity index (χ0v) is 8.95. The van der Waals surface area contributed by atoms with Crippen molar-refractivity contribution in [2.45, 2.75) is 19.9 Å². The van der Waals surface area contributed by atoms with Crippen LogP contribution >= 0.6 is 0 Å². The average molecular weight is 184 g/mol. The van der Waals surface area contributed by atoms with E-state index < -0.39 is 9.28 Å². The van der Waals surface area contributed by atoms with Crippen molar-refractivity contribution in [3.05, 3.63) is 37.3 Å². The highest BCUT2D eigenvalue weighted by molar-refractivity contribution is 6.45. The van der Waals surface area contributed by atoms with Gasteiger partial charge in [0.05, 0.1) is 11.5 Å². The normalized spacial score (nSPS) is 9.25. The summed E-state index contributed by atoms with van der Waals surface area (Å²) >= 11 is 0. The summed E-state index contributed by atoms with van der Waals surface area (Å²) in [5.74, 6) is 1.38. The molecule has 0 aromatic rings. The third-order valence-electron chi connectivity index (χ3n) is 1.02. The smallest absolute Gasteiger partial charge is 0.447 e. The zero-order valence-electron chi connectivity index (χ0n) is 7.80. The first-order valence-electron chi connectivity index (χ1n) is 3.81. The molecule has 0 aromatic heterocycles. The maximum atomic E-state index is 5.39. The largest absolute Gasteiger partial charge is 0.518 e. The summed E-state index contributed by atoms with van der Waals surface area (Å²) < 4.78 is 10.8. The Hall–Kier alpha value is -0.963. The van der Waals surface area contributed by atoms with Crippen molar-refractivity contribution < 1.29 is 8.85 Å². The van der Waals surface area contributed by atoms with Crippen molar-refractivity contribution in [2.24, 2.45) is 0 Å². The zero-order chi connectivity index (χ0) is 9.56. The summed E-state index contributed by atoms with van der Waals surface area (Å²) in [4.78, 5) is 0. The lowest BCUT2D eigenvalue weighted by molar-refractivity contribution is 0.300. The van der Waals surface area contributed by atoms with Gasteiger partial charge in [0.1, 0.15) is 0 Å². The molecule has 0 amide bonds. The van der Waals surface area contributed by atoms with Crippen LogP contribution in [0.25, 0.3) is 0 Å². The van der Waals surface area contributed by atoms with E-state index in [1.807, 2.05) is 13.8 Å². The first-order valence-corrected chi connectivity index (χ1v) is 5.57. The van der Waals surface area contributed by atoms with Crippen molar-refractivity contribution >= 4 is 9.28 Å². The topological polar surface area (TPSA) is 18.5 Å². The fourth-order valence-electron chi connectivity index (χ4n) is 0.705. The molecule has 12 heavy (non-hydrogen) atoms. The lowest BCUT2D eigenvalue weighted by atomic mass is 10.7. The van der Waals surface area contributed by atoms with Crippen molar-refractivity contribution in [1.82, 2.24) is 0 Å². The molecule has 0 aliphatic rings. The Kier molecular flexibility index (Phi) is 5.20. The summed E-state index contributed by atoms with van der Waals surface area (Å²) in [5, 5.41) is 0. The predicted molar refractivity (Wildman–Crippen MR) is 54.0 cm³/mol. The minimum absolute atomic E-state index is 0.690. The average Bonchev–Trinajstić information content (AvgIpc) is 1.84. The van der Waals surface area contributed by atoms with Gasteiger partial charge in [-0.1, -0.05) is 19.2 Å². The highest BCUT2D eigenvalue weighted by atomic mass is 28.3. The Balaban J connectivity index is 3.93. The molecule has 0 spiro atoms. The number of hydrogen-bond donors (Lipinski definition) is 0. The first-order chi connectivity index (χ1) is 5.56. The van der Waals surface area contributed by atoms with Gasteiger partial charge in [0.2, 0.25) is 0 Å². The summed E-state index contributed by atoms with van der Waals surface area (Å²) in [6, 6.07) is 0.764. The van der Waals surface area contributed by atoms with E-state index in [4.69, 9.17) is 8.85 Å². The van der Waals surface area contributed by atoms with Crippen LogP contribution in [0.5, 0.6) is 0 Å². The van der Waals surface area contributed by atoms with Crippen molar-refractivity contribution in [1.29, 1.82) is 0 Å². The van der Waals surface area contributed by atoms with E-state index in [9.17, 15) is 0 Å². The van der Waals surface area contributed by atoms with E-state index in [1.165, 1.54) is 0 Å². The number of hydrogen-bond acceptors (Lipinski definition) is 2. The highest BCUT2D eigenvalue weighted by Gasteiger charge is 2.13. The molecule has 0 N–H and O–H groups in total. The molecule has 0 atom stereocenters. The third-order valence-corrected chi connectivity index (χ3v) is 3.07. The third kappa shape index (κ3) is 5.79. The van der Waals surface area contributed by atoms with E-state index in [0.717, 1.165) is 6.04 Å². The van der Waals surface area contributed by atoms with Crippen LogP contribution in [0.4, 0.5) is 0 Å². The second-order valence-corrected chi connectivity index (χ2v) is 4.40. The standard InChI is InChI=1S/C9H16O2Si/c1-6-7-12(10-8(2)3)11-9(4)5/h6,12H,1-2,4,7H2,3,5H3. The van der Waals surface area contributed by atoms with Gasteiger partial charge < -0.3 is 8.85 Å². The number of allylic oxidation sites excluding steroid dienone is 3. The van der Waals surface area contributed by atoms with Crippen LogP contribution in [0.3, 0.4) is 0 Å². The first kappa shape index (κ1) is 11.0. The van der Waals surface area contributed by atoms with Crippen LogP contribution in [0.15, 0.2) is 37.3 Å². The van der Waals surface area contributed by atoms with Crippen molar-refractivity contribution in [3.63, 3.8) is 0 Å². The Morgan fingerprint density at radius 2 is 1.67 bits per heavy atom. The van der Waals surface area contributed by atoms with Crippen LogP contribution < -0.4 is 0 Å². The maximum Gasteiger partial charge on any atom is 0.447 e. The van der Waals surface area contributed by atoms with Gasteiger partial charge in [0.15, 0.2) is 0 Å². The summed E-state index contributed by atoms with van der Waals surface area (Å²) in [5.41, 5.74) is 0. The molecule has 0 radical (unpaired) electrons. The molecule has 0 aromatic carbocycles. The predicted octanol–water partition coefficient (Wildman–Crippen LogP) is 2.49. The van der Waals surface area contributed by atoms with E-state index in [2.05, 4.69) is 19.7 Å². The molecule has 0 aliphatic heterocycles. The Morgan fingerprint density at radius 1 is 1.25 bits per heavy atom. The van der Waals surface area contributed by atoms with Crippen molar-refractivity contribution in [2.75, 3.05) is 0 Å². The molecule has 0 saturated heterocycles. The highest BCUT2D eigenvalue weighted by Crippen LogP contribution is 2.06. The molecule has 0 bridgehead atoms. The molecule has 0 saturated carbocycles. The molecule has 0 rings (SSSR count). The number of rotatable bonds is 6. The minimum atomic E-state index is -1.67. The van der Waals surface area contributed by atoms with Gasteiger partial charge >= 0.3 is 9.28 Å². The molecule has 0 aliphatic carbocycles. The molecule has 0 unspecified atom stereocenters. The second-order valence-electron chi connectivity index (χ2n) is 2.59. The molecule has 0 heterocycles. The van der Waals surface area contributed by atoms with Crippen LogP contribution in [0, 0.1) is 0 Å². The summed E-state index contributed by atoms with van der Waals surface area (Å²) in [7, 11) is -1.67. The molecule has 3 heteroatoms. The molecular weight excluding hydrogens is 168 g/mol. The van der Waals surface area contributed by atoms with Crippen LogP contribution in [0.2, 0.25) is 6.04 Å². The van der Waals surface area contributed by atoms with Crippen LogP contribution in [-0.2, 0) is 8.85 Å². The second kappa shape index (κ2) is 5.66. The van der Waals surface area contributed by atoms with Gasteiger partial charge in [0.25, 0.3) is 0 Å². The summed E-state index contributed by atoms with van der Waals surface area (Å²) in [6.07, 6.45) is 1.79. The molecule has 2 nitrogen and oxygen atoms in total. The van der Waals surface area contributed by atoms with Gasteiger partial charge in [-0.15, -0.1) is 6.58 Å². The van der Waals surface area contributed by atoms with Crippen LogP contribution in [0.1, 0.15) is 13.8 Å².